The Morgan fingerprint density at radius 2 is 2.03 bits per heavy atom. The molecule has 3 rings (SSSR count). The van der Waals surface area contributed by atoms with E-state index in [0.717, 1.165) is 30.0 Å². The van der Waals surface area contributed by atoms with Crippen molar-refractivity contribution in [3.8, 4) is 5.75 Å². The highest BCUT2D eigenvalue weighted by molar-refractivity contribution is 8.15. The van der Waals surface area contributed by atoms with Gasteiger partial charge in [0.15, 0.2) is 5.17 Å². The molecule has 3 N–H and O–H groups in total. The Hall–Kier alpha value is -3.05. The van der Waals surface area contributed by atoms with E-state index in [1.165, 1.54) is 12.3 Å². The molecule has 1 fully saturated rings. The minimum Gasteiger partial charge on any atom is -0.507 e. The molecule has 0 spiro atoms. The monoisotopic (exact) mass is 470 g/mol. The zero-order valence-electron chi connectivity index (χ0n) is 15.5. The third-order valence-corrected chi connectivity index (χ3v) is 5.40. The van der Waals surface area contributed by atoms with Gasteiger partial charge in [-0.25, -0.2) is 0 Å². The molecule has 2 amide bonds. The fourth-order valence-electron chi connectivity index (χ4n) is 2.49. The number of phenolic OH excluding ortho intramolecular Hbond substituents is 1. The standard InChI is InChI=1S/C19H14ClF3N4O3S/c20-12-6-5-11(19(21,22)23)7-13(12)25-16(29)8-15-17(30)26-18(31-15)27-24-9-10-3-1-2-4-14(10)28/h1-7,9,15,28H,8H2,(H,25,29)(H,26,27,30). The molecular weight excluding hydrogens is 457 g/mol. The summed E-state index contributed by atoms with van der Waals surface area (Å²) in [6, 6.07) is 9.00. The number of aromatic hydroxyl groups is 1. The predicted octanol–water partition coefficient (Wildman–Crippen LogP) is 4.01. The maximum Gasteiger partial charge on any atom is 0.416 e. The third kappa shape index (κ3) is 5.98. The Balaban J connectivity index is 1.61. The first-order valence-corrected chi connectivity index (χ1v) is 9.92. The van der Waals surface area contributed by atoms with Crippen LogP contribution in [0.5, 0.6) is 5.75 Å². The van der Waals surface area contributed by atoms with Crippen LogP contribution in [0.3, 0.4) is 0 Å². The van der Waals surface area contributed by atoms with Gasteiger partial charge in [-0.1, -0.05) is 35.5 Å². The Morgan fingerprint density at radius 3 is 2.74 bits per heavy atom. The van der Waals surface area contributed by atoms with Crippen LogP contribution in [0.4, 0.5) is 18.9 Å². The number of thioether (sulfide) groups is 1. The van der Waals surface area contributed by atoms with Crippen molar-refractivity contribution in [1.29, 1.82) is 0 Å². The molecule has 7 nitrogen and oxygen atoms in total. The molecule has 1 unspecified atom stereocenters. The first-order chi connectivity index (χ1) is 14.6. The van der Waals surface area contributed by atoms with E-state index in [2.05, 4.69) is 20.8 Å². The Labute approximate surface area is 183 Å². The molecule has 0 bridgehead atoms. The number of nitrogens with one attached hydrogen (secondary N) is 2. The van der Waals surface area contributed by atoms with Crippen molar-refractivity contribution in [2.45, 2.75) is 17.8 Å². The molecule has 162 valence electrons. The predicted molar refractivity (Wildman–Crippen MR) is 112 cm³/mol. The number of carbonyl (C=O) groups excluding carboxylic acids is 2. The van der Waals surface area contributed by atoms with Crippen molar-refractivity contribution in [3.05, 3.63) is 58.6 Å². The van der Waals surface area contributed by atoms with Gasteiger partial charge in [-0.15, -0.1) is 5.10 Å². The summed E-state index contributed by atoms with van der Waals surface area (Å²) in [6.07, 6.45) is -3.61. The molecule has 1 aliphatic rings. The van der Waals surface area contributed by atoms with Crippen LogP contribution in [0.25, 0.3) is 0 Å². The van der Waals surface area contributed by atoms with Crippen LogP contribution in [-0.4, -0.2) is 33.6 Å². The number of rotatable bonds is 5. The van der Waals surface area contributed by atoms with Crippen molar-refractivity contribution >= 4 is 52.2 Å². The topological polar surface area (TPSA) is 103 Å². The average Bonchev–Trinajstić information content (AvgIpc) is 3.03. The van der Waals surface area contributed by atoms with Crippen molar-refractivity contribution in [1.82, 2.24) is 5.32 Å². The number of carbonyl (C=O) groups is 2. The van der Waals surface area contributed by atoms with E-state index < -0.39 is 28.8 Å². The second kappa shape index (κ2) is 9.40. The molecular formula is C19H14ClF3N4O3S. The summed E-state index contributed by atoms with van der Waals surface area (Å²) in [4.78, 5) is 24.3. The highest BCUT2D eigenvalue weighted by Gasteiger charge is 2.33. The van der Waals surface area contributed by atoms with Crippen molar-refractivity contribution in [3.63, 3.8) is 0 Å². The highest BCUT2D eigenvalue weighted by atomic mass is 35.5. The van der Waals surface area contributed by atoms with Gasteiger partial charge >= 0.3 is 6.18 Å². The number of hydrogen-bond acceptors (Lipinski definition) is 6. The molecule has 0 saturated carbocycles. The molecule has 2 aromatic rings. The van der Waals surface area contributed by atoms with Crippen LogP contribution in [0, 0.1) is 0 Å². The first-order valence-electron chi connectivity index (χ1n) is 8.66. The Bertz CT molecular complexity index is 1080. The second-order valence-electron chi connectivity index (χ2n) is 6.25. The lowest BCUT2D eigenvalue weighted by Crippen LogP contribution is -2.28. The normalized spacial score (nSPS) is 17.9. The fraction of sp³-hybridized carbons (Fsp3) is 0.158. The smallest absolute Gasteiger partial charge is 0.416 e. The maximum atomic E-state index is 12.8. The van der Waals surface area contributed by atoms with Gasteiger partial charge in [-0.05, 0) is 30.3 Å². The molecule has 1 heterocycles. The molecule has 1 atom stereocenters. The molecule has 0 aliphatic carbocycles. The third-order valence-electron chi connectivity index (χ3n) is 4.00. The molecule has 2 aromatic carbocycles. The highest BCUT2D eigenvalue weighted by Crippen LogP contribution is 2.34. The number of halogens is 4. The van der Waals surface area contributed by atoms with E-state index in [0.29, 0.717) is 5.56 Å². The van der Waals surface area contributed by atoms with Gasteiger partial charge in [-0.2, -0.15) is 18.3 Å². The van der Waals surface area contributed by atoms with Gasteiger partial charge in [-0.3, -0.25) is 9.59 Å². The number of amidine groups is 1. The Kier molecular flexibility index (Phi) is 6.86. The largest absolute Gasteiger partial charge is 0.507 e. The number of hydrogen-bond donors (Lipinski definition) is 3. The van der Waals surface area contributed by atoms with E-state index in [1.807, 2.05) is 0 Å². The summed E-state index contributed by atoms with van der Waals surface area (Å²) in [5.74, 6) is -1.17. The number of para-hydroxylation sites is 1. The van der Waals surface area contributed by atoms with Gasteiger partial charge in [0.1, 0.15) is 11.0 Å². The fourth-order valence-corrected chi connectivity index (χ4v) is 3.58. The van der Waals surface area contributed by atoms with Gasteiger partial charge in [0.25, 0.3) is 0 Å². The number of alkyl halides is 3. The second-order valence-corrected chi connectivity index (χ2v) is 7.85. The summed E-state index contributed by atoms with van der Waals surface area (Å²) >= 11 is 6.81. The molecule has 31 heavy (non-hydrogen) atoms. The van der Waals surface area contributed by atoms with E-state index in [9.17, 15) is 27.9 Å². The number of phenols is 1. The van der Waals surface area contributed by atoms with Crippen LogP contribution in [0.15, 0.2) is 52.7 Å². The van der Waals surface area contributed by atoms with Crippen LogP contribution in [0.2, 0.25) is 5.02 Å². The quantitative estimate of drug-likeness (QED) is 0.453. The van der Waals surface area contributed by atoms with E-state index in [1.54, 1.807) is 18.2 Å². The summed E-state index contributed by atoms with van der Waals surface area (Å²) in [5, 5.41) is 21.3. The molecule has 1 saturated heterocycles. The van der Waals surface area contributed by atoms with E-state index in [4.69, 9.17) is 11.6 Å². The van der Waals surface area contributed by atoms with Crippen LogP contribution < -0.4 is 10.6 Å². The zero-order chi connectivity index (χ0) is 22.6. The van der Waals surface area contributed by atoms with Gasteiger partial charge in [0, 0.05) is 12.0 Å². The minimum absolute atomic E-state index is 0.0114. The van der Waals surface area contributed by atoms with Crippen LogP contribution in [-0.2, 0) is 15.8 Å². The maximum absolute atomic E-state index is 12.8. The lowest BCUT2D eigenvalue weighted by molar-refractivity contribution is -0.137. The van der Waals surface area contributed by atoms with Crippen molar-refractivity contribution in [2.24, 2.45) is 10.2 Å². The lowest BCUT2D eigenvalue weighted by Gasteiger charge is -2.12. The summed E-state index contributed by atoms with van der Waals surface area (Å²) in [6.45, 7) is 0. The van der Waals surface area contributed by atoms with Gasteiger partial charge < -0.3 is 15.7 Å². The van der Waals surface area contributed by atoms with Crippen molar-refractivity contribution in [2.75, 3.05) is 5.32 Å². The van der Waals surface area contributed by atoms with Crippen LogP contribution >= 0.6 is 23.4 Å². The number of anilines is 1. The van der Waals surface area contributed by atoms with Crippen molar-refractivity contribution < 1.29 is 27.9 Å². The zero-order valence-corrected chi connectivity index (χ0v) is 17.1. The summed E-state index contributed by atoms with van der Waals surface area (Å²) in [5.41, 5.74) is -0.738. The first kappa shape index (κ1) is 22.6. The molecule has 0 aromatic heterocycles. The van der Waals surface area contributed by atoms with Crippen LogP contribution in [0.1, 0.15) is 17.5 Å². The average molecular weight is 471 g/mol. The van der Waals surface area contributed by atoms with E-state index in [-0.39, 0.29) is 28.0 Å². The summed E-state index contributed by atoms with van der Waals surface area (Å²) < 4.78 is 38.5. The lowest BCUT2D eigenvalue weighted by atomic mass is 10.2. The SMILES string of the molecule is O=C(CC1SC(=NN=Cc2ccccc2O)NC1=O)Nc1cc(C(F)(F)F)ccc1Cl. The molecule has 1 aliphatic heterocycles. The number of benzene rings is 2. The number of amides is 2. The summed E-state index contributed by atoms with van der Waals surface area (Å²) in [7, 11) is 0. The van der Waals surface area contributed by atoms with Gasteiger partial charge in [0.05, 0.1) is 22.5 Å². The molecule has 0 radical (unpaired) electrons. The Morgan fingerprint density at radius 1 is 1.29 bits per heavy atom. The number of nitrogens with zero attached hydrogens (tertiary/aromatic N) is 2. The van der Waals surface area contributed by atoms with Gasteiger partial charge in [0.2, 0.25) is 11.8 Å². The minimum atomic E-state index is -4.59. The molecule has 12 heteroatoms. The van der Waals surface area contributed by atoms with E-state index >= 15 is 0 Å².